The lowest BCUT2D eigenvalue weighted by Gasteiger charge is -2.43. The molecule has 7 nitrogen and oxygen atoms in total. The summed E-state index contributed by atoms with van der Waals surface area (Å²) in [4.78, 5) is 28.0. The van der Waals surface area contributed by atoms with Gasteiger partial charge in [0.2, 0.25) is 0 Å². The number of hydrogen-bond donors (Lipinski definition) is 0. The minimum Gasteiger partial charge on any atom is -0.458 e. The zero-order chi connectivity index (χ0) is 19.2. The number of nitrogens with zero attached hydrogens (tertiary/aromatic N) is 2. The highest BCUT2D eigenvalue weighted by molar-refractivity contribution is 7.15. The first-order valence-corrected chi connectivity index (χ1v) is 9.66. The number of rotatable bonds is 3. The van der Waals surface area contributed by atoms with Gasteiger partial charge in [0, 0.05) is 31.2 Å². The molecule has 27 heavy (non-hydrogen) atoms. The van der Waals surface area contributed by atoms with E-state index in [1.165, 1.54) is 23.5 Å². The van der Waals surface area contributed by atoms with Gasteiger partial charge in [-0.15, -0.1) is 11.3 Å². The number of aromatic nitrogens is 1. The minimum absolute atomic E-state index is 0.0571. The summed E-state index contributed by atoms with van der Waals surface area (Å²) in [7, 11) is 0. The van der Waals surface area contributed by atoms with Crippen molar-refractivity contribution in [2.75, 3.05) is 6.61 Å². The van der Waals surface area contributed by atoms with Crippen LogP contribution in [0.15, 0.2) is 30.5 Å². The van der Waals surface area contributed by atoms with E-state index in [2.05, 4.69) is 4.98 Å². The molecule has 142 valence electrons. The Morgan fingerprint density at radius 1 is 1.30 bits per heavy atom. The number of carbonyl (C=O) groups excluding carboxylic acids is 1. The highest BCUT2D eigenvalue weighted by Gasteiger charge is 2.55. The van der Waals surface area contributed by atoms with Crippen LogP contribution in [-0.2, 0) is 14.3 Å². The fourth-order valence-corrected chi connectivity index (χ4v) is 5.21. The quantitative estimate of drug-likeness (QED) is 0.447. The van der Waals surface area contributed by atoms with Crippen LogP contribution in [-0.4, -0.2) is 33.7 Å². The number of benzene rings is 1. The minimum atomic E-state index is -0.566. The highest BCUT2D eigenvalue weighted by Crippen LogP contribution is 2.51. The Bertz CT molecular complexity index is 892. The molecule has 4 rings (SSSR count). The van der Waals surface area contributed by atoms with E-state index in [4.69, 9.17) is 9.47 Å². The van der Waals surface area contributed by atoms with Crippen LogP contribution in [0.2, 0.25) is 0 Å². The number of esters is 1. The van der Waals surface area contributed by atoms with Gasteiger partial charge in [-0.1, -0.05) is 0 Å². The maximum Gasteiger partial charge on any atom is 0.307 e. The Labute approximate surface area is 160 Å². The first-order chi connectivity index (χ1) is 12.8. The monoisotopic (exact) mass is 388 g/mol. The molecule has 3 heterocycles. The van der Waals surface area contributed by atoms with Crippen molar-refractivity contribution in [2.24, 2.45) is 0 Å². The van der Waals surface area contributed by atoms with Crippen molar-refractivity contribution in [1.29, 1.82) is 0 Å². The highest BCUT2D eigenvalue weighted by atomic mass is 32.1. The summed E-state index contributed by atoms with van der Waals surface area (Å²) < 4.78 is 11.6. The Morgan fingerprint density at radius 2 is 2.04 bits per heavy atom. The topological polar surface area (TPSA) is 91.6 Å². The molecular formula is C19H20N2O5S. The van der Waals surface area contributed by atoms with Gasteiger partial charge in [0.25, 0.3) is 5.69 Å². The van der Waals surface area contributed by atoms with Crippen molar-refractivity contribution in [3.05, 3.63) is 45.6 Å². The molecule has 1 aromatic carbocycles. The van der Waals surface area contributed by atoms with Crippen molar-refractivity contribution in [3.8, 4) is 10.4 Å². The summed E-state index contributed by atoms with van der Waals surface area (Å²) in [6.07, 6.45) is 3.40. The molecule has 1 spiro atoms. The lowest BCUT2D eigenvalue weighted by atomic mass is 9.76. The zero-order valence-electron chi connectivity index (χ0n) is 15.1. The average Bonchev–Trinajstić information content (AvgIpc) is 3.18. The van der Waals surface area contributed by atoms with Gasteiger partial charge in [-0.25, -0.2) is 4.98 Å². The second kappa shape index (κ2) is 6.38. The van der Waals surface area contributed by atoms with Crippen LogP contribution in [0.4, 0.5) is 5.69 Å². The number of non-ortho nitro benzene ring substituents is 1. The van der Waals surface area contributed by atoms with E-state index in [0.717, 1.165) is 15.4 Å². The first kappa shape index (κ1) is 18.1. The van der Waals surface area contributed by atoms with Crippen LogP contribution < -0.4 is 0 Å². The van der Waals surface area contributed by atoms with Crippen LogP contribution in [0.3, 0.4) is 0 Å². The second-order valence-electron chi connectivity index (χ2n) is 7.70. The normalized spacial score (nSPS) is 26.9. The number of carbonyl (C=O) groups is 1. The molecule has 0 saturated carbocycles. The second-order valence-corrected chi connectivity index (χ2v) is 8.76. The third-order valence-corrected chi connectivity index (χ3v) is 6.41. The van der Waals surface area contributed by atoms with Crippen molar-refractivity contribution < 1.29 is 19.2 Å². The molecule has 0 radical (unpaired) electrons. The number of ether oxygens (including phenoxy) is 2. The molecule has 0 amide bonds. The van der Waals surface area contributed by atoms with E-state index in [0.29, 0.717) is 25.9 Å². The summed E-state index contributed by atoms with van der Waals surface area (Å²) in [6.45, 7) is 4.58. The smallest absolute Gasteiger partial charge is 0.307 e. The molecule has 2 aromatic rings. The van der Waals surface area contributed by atoms with Gasteiger partial charge in [-0.05, 0) is 31.5 Å². The third-order valence-electron chi connectivity index (χ3n) is 5.25. The van der Waals surface area contributed by atoms with Gasteiger partial charge >= 0.3 is 5.97 Å². The summed E-state index contributed by atoms with van der Waals surface area (Å²) >= 11 is 1.51. The molecule has 2 aliphatic rings. The van der Waals surface area contributed by atoms with Crippen molar-refractivity contribution in [3.63, 3.8) is 0 Å². The lowest BCUT2D eigenvalue weighted by Crippen LogP contribution is -2.48. The van der Waals surface area contributed by atoms with Crippen molar-refractivity contribution in [1.82, 2.24) is 4.98 Å². The van der Waals surface area contributed by atoms with Gasteiger partial charge in [0.15, 0.2) is 0 Å². The largest absolute Gasteiger partial charge is 0.458 e. The number of nitro benzene ring substituents is 1. The molecule has 0 N–H and O–H groups in total. The van der Waals surface area contributed by atoms with Gasteiger partial charge < -0.3 is 9.47 Å². The Balaban J connectivity index is 1.63. The number of thiazole rings is 1. The summed E-state index contributed by atoms with van der Waals surface area (Å²) in [5.74, 6) is -0.283. The Hall–Kier alpha value is -2.32. The van der Waals surface area contributed by atoms with Gasteiger partial charge in [-0.2, -0.15) is 0 Å². The van der Waals surface area contributed by atoms with Gasteiger partial charge in [0.1, 0.15) is 10.6 Å². The Kier molecular flexibility index (Phi) is 4.27. The predicted molar refractivity (Wildman–Crippen MR) is 99.7 cm³/mol. The van der Waals surface area contributed by atoms with Gasteiger partial charge in [-0.3, -0.25) is 14.9 Å². The summed E-state index contributed by atoms with van der Waals surface area (Å²) in [6, 6.07) is 6.41. The molecule has 2 fully saturated rings. The molecule has 1 aromatic heterocycles. The van der Waals surface area contributed by atoms with E-state index < -0.39 is 10.5 Å². The molecule has 2 unspecified atom stereocenters. The van der Waals surface area contributed by atoms with Gasteiger partial charge in [0.05, 0.1) is 34.3 Å². The SMILES string of the molecule is CC1(C)CC2(CCO1)OC(=O)CC2c1ncc(-c2ccc([N+](=O)[O-])cc2)s1. The van der Waals surface area contributed by atoms with E-state index in [1.807, 2.05) is 13.8 Å². The zero-order valence-corrected chi connectivity index (χ0v) is 16.0. The van der Waals surface area contributed by atoms with Crippen molar-refractivity contribution in [2.45, 2.75) is 50.2 Å². The summed E-state index contributed by atoms with van der Waals surface area (Å²) in [5.41, 5.74) is 0.0147. The van der Waals surface area contributed by atoms with E-state index in [9.17, 15) is 14.9 Å². The summed E-state index contributed by atoms with van der Waals surface area (Å²) in [5, 5.41) is 11.7. The fourth-order valence-electron chi connectivity index (χ4n) is 4.08. The number of hydrogen-bond acceptors (Lipinski definition) is 7. The molecule has 2 atom stereocenters. The van der Waals surface area contributed by atoms with E-state index in [-0.39, 0.29) is 23.2 Å². The van der Waals surface area contributed by atoms with E-state index >= 15 is 0 Å². The molecule has 2 saturated heterocycles. The van der Waals surface area contributed by atoms with E-state index in [1.54, 1.807) is 18.3 Å². The standard InChI is InChI=1S/C19H20N2O5S/c1-18(2)11-19(7-8-25-18)14(9-16(22)26-19)17-20-10-15(27-17)12-3-5-13(6-4-12)21(23)24/h3-6,10,14H,7-9,11H2,1-2H3. The van der Waals surface area contributed by atoms with Crippen LogP contribution >= 0.6 is 11.3 Å². The van der Waals surface area contributed by atoms with Crippen LogP contribution in [0, 0.1) is 10.1 Å². The van der Waals surface area contributed by atoms with Crippen LogP contribution in [0.1, 0.15) is 44.0 Å². The predicted octanol–water partition coefficient (Wildman–Crippen LogP) is 4.08. The Morgan fingerprint density at radius 3 is 2.70 bits per heavy atom. The third kappa shape index (κ3) is 3.35. The molecule has 8 heteroatoms. The average molecular weight is 388 g/mol. The maximum absolute atomic E-state index is 12.1. The fraction of sp³-hybridized carbons (Fsp3) is 0.474. The molecule has 2 aliphatic heterocycles. The number of nitro groups is 1. The van der Waals surface area contributed by atoms with Crippen LogP contribution in [0.5, 0.6) is 0 Å². The lowest BCUT2D eigenvalue weighted by molar-refractivity contribution is -0.384. The van der Waals surface area contributed by atoms with Crippen molar-refractivity contribution >= 4 is 23.0 Å². The maximum atomic E-state index is 12.1. The molecule has 0 bridgehead atoms. The molecule has 0 aliphatic carbocycles. The first-order valence-electron chi connectivity index (χ1n) is 8.84. The van der Waals surface area contributed by atoms with Crippen LogP contribution in [0.25, 0.3) is 10.4 Å². The molecular weight excluding hydrogens is 368 g/mol.